The second-order valence-electron chi connectivity index (χ2n) is 5.68. The van der Waals surface area contributed by atoms with E-state index in [4.69, 9.17) is 4.74 Å². The van der Waals surface area contributed by atoms with E-state index in [1.54, 1.807) is 6.07 Å². The maximum Gasteiger partial charge on any atom is 0.276 e. The molecule has 0 spiro atoms. The molecular formula is C17H17BrFN3O5S. The zero-order chi connectivity index (χ0) is 20.9. The highest BCUT2D eigenvalue weighted by Crippen LogP contribution is 2.21. The molecule has 0 aromatic heterocycles. The molecule has 0 radical (unpaired) electrons. The molecule has 11 heteroatoms. The Bertz CT molecular complexity index is 998. The van der Waals surface area contributed by atoms with E-state index < -0.39 is 34.3 Å². The fraction of sp³-hybridized carbons (Fsp3) is 0.176. The van der Waals surface area contributed by atoms with Gasteiger partial charge < -0.3 is 4.74 Å². The third-order valence-electron chi connectivity index (χ3n) is 3.44. The molecule has 0 bridgehead atoms. The van der Waals surface area contributed by atoms with Crippen molar-refractivity contribution in [1.29, 1.82) is 0 Å². The minimum absolute atomic E-state index is 0.0306. The van der Waals surface area contributed by atoms with E-state index in [1.165, 1.54) is 50.5 Å². The van der Waals surface area contributed by atoms with Crippen LogP contribution in [0.4, 0.5) is 4.39 Å². The summed E-state index contributed by atoms with van der Waals surface area (Å²) in [6.07, 6.45) is 0. The van der Waals surface area contributed by atoms with E-state index in [2.05, 4.69) is 26.8 Å². The van der Waals surface area contributed by atoms with Crippen molar-refractivity contribution in [2.24, 2.45) is 0 Å². The molecule has 2 aromatic rings. The fourth-order valence-electron chi connectivity index (χ4n) is 1.98. The maximum atomic E-state index is 13.6. The first kappa shape index (κ1) is 21.8. The highest BCUT2D eigenvalue weighted by Gasteiger charge is 2.19. The standard InChI is InChI=1S/C17H17BrFN3O5S/c1-22(2)28(25,26)13-5-3-4-11(8-13)17(24)21-20-16(23)10-27-15-7-6-12(18)9-14(15)19/h3-9H,10H2,1-2H3,(H,20,23)(H,21,24). The fourth-order valence-corrected chi connectivity index (χ4v) is 3.26. The average molecular weight is 474 g/mol. The summed E-state index contributed by atoms with van der Waals surface area (Å²) in [6, 6.07) is 9.42. The Balaban J connectivity index is 1.94. The Hall–Kier alpha value is -2.50. The van der Waals surface area contributed by atoms with Crippen LogP contribution >= 0.6 is 15.9 Å². The molecule has 0 fully saturated rings. The lowest BCUT2D eigenvalue weighted by Gasteiger charge is -2.12. The van der Waals surface area contributed by atoms with Gasteiger partial charge in [0.15, 0.2) is 18.2 Å². The van der Waals surface area contributed by atoms with Gasteiger partial charge in [0.05, 0.1) is 4.90 Å². The van der Waals surface area contributed by atoms with Crippen LogP contribution in [0.5, 0.6) is 5.75 Å². The van der Waals surface area contributed by atoms with Crippen LogP contribution in [0.3, 0.4) is 0 Å². The Morgan fingerprint density at radius 3 is 2.50 bits per heavy atom. The largest absolute Gasteiger partial charge is 0.481 e. The number of ether oxygens (including phenoxy) is 1. The Morgan fingerprint density at radius 2 is 1.86 bits per heavy atom. The molecule has 0 aliphatic rings. The van der Waals surface area contributed by atoms with Crippen molar-refractivity contribution in [2.45, 2.75) is 4.90 Å². The lowest BCUT2D eigenvalue weighted by atomic mass is 10.2. The van der Waals surface area contributed by atoms with Gasteiger partial charge in [-0.1, -0.05) is 22.0 Å². The second-order valence-corrected chi connectivity index (χ2v) is 8.75. The molecule has 0 aliphatic heterocycles. The summed E-state index contributed by atoms with van der Waals surface area (Å²) in [6.45, 7) is -0.534. The van der Waals surface area contributed by atoms with E-state index in [0.717, 1.165) is 4.31 Å². The third kappa shape index (κ3) is 5.50. The van der Waals surface area contributed by atoms with Crippen LogP contribution in [-0.2, 0) is 14.8 Å². The summed E-state index contributed by atoms with van der Waals surface area (Å²) in [4.78, 5) is 23.8. The van der Waals surface area contributed by atoms with Crippen molar-refractivity contribution in [2.75, 3.05) is 20.7 Å². The number of amides is 2. The molecule has 150 valence electrons. The molecular weight excluding hydrogens is 457 g/mol. The first-order valence-electron chi connectivity index (χ1n) is 7.81. The Morgan fingerprint density at radius 1 is 1.14 bits per heavy atom. The molecule has 0 aliphatic carbocycles. The number of nitrogens with one attached hydrogen (secondary N) is 2. The van der Waals surface area contributed by atoms with Gasteiger partial charge in [0, 0.05) is 24.1 Å². The van der Waals surface area contributed by atoms with Crippen LogP contribution in [0.25, 0.3) is 0 Å². The molecule has 8 nitrogen and oxygen atoms in total. The monoisotopic (exact) mass is 473 g/mol. The smallest absolute Gasteiger partial charge is 0.276 e. The predicted octanol–water partition coefficient (Wildman–Crippen LogP) is 1.68. The molecule has 2 rings (SSSR count). The van der Waals surface area contributed by atoms with Crippen LogP contribution in [-0.4, -0.2) is 45.2 Å². The third-order valence-corrected chi connectivity index (χ3v) is 5.75. The van der Waals surface area contributed by atoms with Gasteiger partial charge >= 0.3 is 0 Å². The molecule has 28 heavy (non-hydrogen) atoms. The highest BCUT2D eigenvalue weighted by atomic mass is 79.9. The van der Waals surface area contributed by atoms with Gasteiger partial charge in [-0.3, -0.25) is 20.4 Å². The minimum Gasteiger partial charge on any atom is -0.481 e. The van der Waals surface area contributed by atoms with Gasteiger partial charge in [0.25, 0.3) is 11.8 Å². The number of hydrogen-bond donors (Lipinski definition) is 2. The van der Waals surface area contributed by atoms with Crippen molar-refractivity contribution in [3.8, 4) is 5.75 Å². The molecule has 0 unspecified atom stereocenters. The molecule has 0 heterocycles. The number of benzene rings is 2. The second kappa shape index (κ2) is 9.13. The van der Waals surface area contributed by atoms with Gasteiger partial charge in [-0.05, 0) is 36.4 Å². The first-order chi connectivity index (χ1) is 13.1. The van der Waals surface area contributed by atoms with E-state index in [1.807, 2.05) is 0 Å². The van der Waals surface area contributed by atoms with Gasteiger partial charge in [-0.15, -0.1) is 0 Å². The summed E-state index contributed by atoms with van der Waals surface area (Å²) in [5.74, 6) is -2.22. The molecule has 0 saturated heterocycles. The first-order valence-corrected chi connectivity index (χ1v) is 10.0. The predicted molar refractivity (Wildman–Crippen MR) is 103 cm³/mol. The summed E-state index contributed by atoms with van der Waals surface area (Å²) in [5, 5.41) is 0. The summed E-state index contributed by atoms with van der Waals surface area (Å²) in [7, 11) is -0.960. The topological polar surface area (TPSA) is 105 Å². The van der Waals surface area contributed by atoms with Crippen molar-refractivity contribution in [1.82, 2.24) is 15.2 Å². The number of carbonyl (C=O) groups is 2. The molecule has 0 saturated carbocycles. The normalized spacial score (nSPS) is 11.2. The minimum atomic E-state index is -3.70. The Labute approximate surface area is 169 Å². The number of carbonyl (C=O) groups excluding carboxylic acids is 2. The SMILES string of the molecule is CN(C)S(=O)(=O)c1cccc(C(=O)NNC(=O)COc2ccc(Br)cc2F)c1. The van der Waals surface area contributed by atoms with Crippen LogP contribution in [0, 0.1) is 5.82 Å². The van der Waals surface area contributed by atoms with Crippen LogP contribution < -0.4 is 15.6 Å². The van der Waals surface area contributed by atoms with Crippen LogP contribution in [0.15, 0.2) is 51.8 Å². The summed E-state index contributed by atoms with van der Waals surface area (Å²) >= 11 is 3.10. The number of sulfonamides is 1. The van der Waals surface area contributed by atoms with Gasteiger partial charge in [-0.2, -0.15) is 0 Å². The Kier molecular flexibility index (Phi) is 7.11. The highest BCUT2D eigenvalue weighted by molar-refractivity contribution is 9.10. The van der Waals surface area contributed by atoms with E-state index in [9.17, 15) is 22.4 Å². The van der Waals surface area contributed by atoms with E-state index in [0.29, 0.717) is 4.47 Å². The number of rotatable bonds is 6. The lowest BCUT2D eigenvalue weighted by molar-refractivity contribution is -0.123. The van der Waals surface area contributed by atoms with Gasteiger partial charge in [0.2, 0.25) is 10.0 Å². The van der Waals surface area contributed by atoms with E-state index in [-0.39, 0.29) is 16.2 Å². The van der Waals surface area contributed by atoms with Crippen molar-refractivity contribution in [3.63, 3.8) is 0 Å². The van der Waals surface area contributed by atoms with Crippen LogP contribution in [0.1, 0.15) is 10.4 Å². The maximum absolute atomic E-state index is 13.6. The number of halogens is 2. The quantitative estimate of drug-likeness (QED) is 0.621. The molecule has 2 N–H and O–H groups in total. The zero-order valence-electron chi connectivity index (χ0n) is 14.9. The number of hydrazine groups is 1. The zero-order valence-corrected chi connectivity index (χ0v) is 17.3. The number of hydrogen-bond acceptors (Lipinski definition) is 5. The lowest BCUT2D eigenvalue weighted by Crippen LogP contribution is -2.43. The summed E-state index contributed by atoms with van der Waals surface area (Å²) in [5.41, 5.74) is 4.28. The number of nitrogens with zero attached hydrogens (tertiary/aromatic N) is 1. The van der Waals surface area contributed by atoms with Crippen LogP contribution in [0.2, 0.25) is 0 Å². The van der Waals surface area contributed by atoms with Crippen molar-refractivity contribution >= 4 is 37.8 Å². The van der Waals surface area contributed by atoms with Gasteiger partial charge in [0.1, 0.15) is 0 Å². The average Bonchev–Trinajstić information content (AvgIpc) is 2.65. The van der Waals surface area contributed by atoms with Crippen molar-refractivity contribution in [3.05, 3.63) is 58.3 Å². The molecule has 0 atom stereocenters. The van der Waals surface area contributed by atoms with Crippen molar-refractivity contribution < 1.29 is 27.1 Å². The van der Waals surface area contributed by atoms with Gasteiger partial charge in [-0.25, -0.2) is 17.1 Å². The summed E-state index contributed by atoms with van der Waals surface area (Å²) < 4.78 is 44.4. The molecule has 2 amide bonds. The van der Waals surface area contributed by atoms with E-state index >= 15 is 0 Å². The molecule has 2 aromatic carbocycles.